The maximum atomic E-state index is 13.0. The lowest BCUT2D eigenvalue weighted by Crippen LogP contribution is -2.35. The molecule has 16 rings (SSSR count). The number of halogens is 2. The maximum Gasteiger partial charge on any atom is 0.172 e. The van der Waals surface area contributed by atoms with E-state index in [1.807, 2.05) is 38.1 Å². The highest BCUT2D eigenvalue weighted by Crippen LogP contribution is 2.60. The molecule has 0 aliphatic heterocycles. The van der Waals surface area contributed by atoms with E-state index in [4.69, 9.17) is 46.1 Å². The van der Waals surface area contributed by atoms with Crippen molar-refractivity contribution in [3.63, 3.8) is 0 Å². The van der Waals surface area contributed by atoms with Gasteiger partial charge in [-0.05, 0) is 271 Å². The third kappa shape index (κ3) is 12.9. The van der Waals surface area contributed by atoms with E-state index in [9.17, 15) is 9.59 Å². The molecule has 0 heterocycles. The van der Waals surface area contributed by atoms with Crippen LogP contribution in [0.25, 0.3) is 0 Å². The number of nitrogens with two attached hydrogens (primary N) is 8. The largest absolute Gasteiger partial charge is 0.399 e. The smallest absolute Gasteiger partial charge is 0.172 e. The summed E-state index contributed by atoms with van der Waals surface area (Å²) in [5.41, 5.74) is 75.2. The van der Waals surface area contributed by atoms with Gasteiger partial charge < -0.3 is 45.9 Å². The predicted octanol–water partition coefficient (Wildman–Crippen LogP) is 16.1. The molecule has 8 aliphatic rings. The van der Waals surface area contributed by atoms with E-state index in [1.165, 1.54) is 132 Å². The van der Waals surface area contributed by atoms with Gasteiger partial charge in [0.2, 0.25) is 0 Å². The van der Waals surface area contributed by atoms with Gasteiger partial charge in [0.15, 0.2) is 11.6 Å². The van der Waals surface area contributed by atoms with Gasteiger partial charge in [-0.3, -0.25) is 9.59 Å². The normalized spacial score (nSPS) is 22.5. The van der Waals surface area contributed by atoms with E-state index in [-0.39, 0.29) is 34.2 Å². The van der Waals surface area contributed by atoms with Gasteiger partial charge in [-0.1, -0.05) is 131 Å². The van der Waals surface area contributed by atoms with Gasteiger partial charge in [-0.2, -0.15) is 0 Å². The first-order valence-electron chi connectivity index (χ1n) is 32.8. The highest BCUT2D eigenvalue weighted by Gasteiger charge is 2.47. The van der Waals surface area contributed by atoms with Gasteiger partial charge in [0.05, 0.1) is 10.8 Å². The van der Waals surface area contributed by atoms with Crippen molar-refractivity contribution in [2.45, 2.75) is 165 Å². The standard InChI is InChI=1S/C19H18Cl2.C19H18N2O2.C19H22N2.C19H20.4CH5N/c1-10-3-5-12-14(7-10)18(20)17-9-16(12)19(21)15-8-11(2)4-6-13(15)17;1-8-3-5-10-12-7-13(18(22)14(10)16(8)20)11-6-4-9(2)17(21)15(11)19(12)23;1-10-3-12-5-14-7-15(16(12)8-18(10)20)6-13-4-11(2)19(21)9-17(13)14;1-12-3-5-18-14(7-12)9-16-11-17(18)10-15-8-13(2)4-6-19(15)16;4*1-2/h3-8,16-19H,9H2,1-2H3;3-6,12-13H,7,20-21H2,1-2H3;3-4,8-9,14-15H,5-7,20-21H2,1-2H3;3-8,16-17H,9-11H2,1-2H3;4*2H2,1H3. The van der Waals surface area contributed by atoms with Gasteiger partial charge in [-0.15, -0.1) is 23.2 Å². The molecule has 10 unspecified atom stereocenters. The summed E-state index contributed by atoms with van der Waals surface area (Å²) in [5, 5.41) is 0.114. The molecule has 0 saturated heterocycles. The Bertz CT molecular complexity index is 3820. The molecule has 8 aliphatic carbocycles. The number of anilines is 4. The topological polar surface area (TPSA) is 242 Å². The molecular weight excluding hydrogens is 1180 g/mol. The molecular formula is C80H98Cl2N8O2. The molecule has 484 valence electrons. The zero-order valence-corrected chi connectivity index (χ0v) is 57.7. The molecule has 8 aromatic carbocycles. The van der Waals surface area contributed by atoms with Gasteiger partial charge in [-0.25, -0.2) is 0 Å². The predicted molar refractivity (Wildman–Crippen MR) is 389 cm³/mol. The van der Waals surface area contributed by atoms with Crippen LogP contribution in [0.4, 0.5) is 22.7 Å². The fourth-order valence-corrected chi connectivity index (χ4v) is 17.2. The Balaban J connectivity index is 0.000000140. The minimum absolute atomic E-state index is 0.00875. The molecule has 0 spiro atoms. The number of aryl methyl sites for hydroxylation is 8. The molecule has 0 aromatic heterocycles. The lowest BCUT2D eigenvalue weighted by molar-refractivity contribution is 0.0876. The van der Waals surface area contributed by atoms with Crippen LogP contribution in [0.5, 0.6) is 0 Å². The number of carbonyl (C=O) groups is 2. The van der Waals surface area contributed by atoms with Crippen LogP contribution >= 0.6 is 23.2 Å². The summed E-state index contributed by atoms with van der Waals surface area (Å²) in [5.74, 6) is 2.89. The van der Waals surface area contributed by atoms with Crippen LogP contribution in [0, 0.1) is 55.4 Å². The number of ketones is 2. The van der Waals surface area contributed by atoms with Gasteiger partial charge in [0.25, 0.3) is 0 Å². The van der Waals surface area contributed by atoms with Crippen molar-refractivity contribution in [3.8, 4) is 0 Å². The fraction of sp³-hybridized carbons (Fsp3) is 0.375. The molecule has 10 atom stereocenters. The van der Waals surface area contributed by atoms with Crippen molar-refractivity contribution in [2.24, 2.45) is 22.9 Å². The summed E-state index contributed by atoms with van der Waals surface area (Å²) in [6, 6.07) is 44.0. The van der Waals surface area contributed by atoms with E-state index in [0.29, 0.717) is 52.6 Å². The Morgan fingerprint density at radius 3 is 0.978 bits per heavy atom. The third-order valence-corrected chi connectivity index (χ3v) is 21.9. The van der Waals surface area contributed by atoms with Crippen LogP contribution in [-0.4, -0.2) is 39.8 Å². The summed E-state index contributed by atoms with van der Waals surface area (Å²) in [6.07, 6.45) is 8.91. The summed E-state index contributed by atoms with van der Waals surface area (Å²) in [6.45, 7) is 16.6. The first kappa shape index (κ1) is 69.1. The summed E-state index contributed by atoms with van der Waals surface area (Å²) in [7, 11) is 6.00. The minimum Gasteiger partial charge on any atom is -0.399 e. The molecule has 0 amide bonds. The Labute approximate surface area is 557 Å². The molecule has 16 N–H and O–H groups in total. The molecule has 92 heavy (non-hydrogen) atoms. The van der Waals surface area contributed by atoms with E-state index < -0.39 is 0 Å². The third-order valence-electron chi connectivity index (χ3n) is 20.8. The van der Waals surface area contributed by atoms with Gasteiger partial charge in [0, 0.05) is 57.5 Å². The molecule has 8 bridgehead atoms. The Morgan fingerprint density at radius 2 is 0.620 bits per heavy atom. The van der Waals surface area contributed by atoms with Crippen molar-refractivity contribution in [2.75, 3.05) is 51.1 Å². The van der Waals surface area contributed by atoms with E-state index in [1.54, 1.807) is 22.3 Å². The van der Waals surface area contributed by atoms with Gasteiger partial charge >= 0.3 is 0 Å². The van der Waals surface area contributed by atoms with Gasteiger partial charge in [0.1, 0.15) is 0 Å². The van der Waals surface area contributed by atoms with Crippen molar-refractivity contribution >= 4 is 57.5 Å². The van der Waals surface area contributed by atoms with Crippen molar-refractivity contribution < 1.29 is 9.59 Å². The number of fused-ring (bicyclic) bond motifs is 24. The van der Waals surface area contributed by atoms with E-state index in [0.717, 1.165) is 64.7 Å². The van der Waals surface area contributed by atoms with Crippen LogP contribution in [0.15, 0.2) is 121 Å². The monoisotopic (exact) mass is 1270 g/mol. The van der Waals surface area contributed by atoms with Crippen LogP contribution in [0.1, 0.15) is 227 Å². The Hall–Kier alpha value is -7.28. The van der Waals surface area contributed by atoms with Crippen LogP contribution < -0.4 is 45.9 Å². The lowest BCUT2D eigenvalue weighted by Gasteiger charge is -2.43. The van der Waals surface area contributed by atoms with Crippen molar-refractivity contribution in [1.29, 1.82) is 0 Å². The molecule has 10 nitrogen and oxygen atoms in total. The summed E-state index contributed by atoms with van der Waals surface area (Å²) in [4.78, 5) is 26.1. The van der Waals surface area contributed by atoms with Crippen LogP contribution in [-0.2, 0) is 25.7 Å². The first-order valence-corrected chi connectivity index (χ1v) is 33.7. The van der Waals surface area contributed by atoms with Crippen LogP contribution in [0.3, 0.4) is 0 Å². The maximum absolute atomic E-state index is 13.0. The number of hydrogen-bond donors (Lipinski definition) is 8. The average Bonchev–Trinajstić information content (AvgIpc) is 0.744. The van der Waals surface area contributed by atoms with Crippen molar-refractivity contribution in [3.05, 3.63) is 255 Å². The number of rotatable bonds is 0. The number of carbonyl (C=O) groups excluding carboxylic acids is 2. The highest BCUT2D eigenvalue weighted by atomic mass is 35.5. The molecule has 0 fully saturated rings. The van der Waals surface area contributed by atoms with E-state index in [2.05, 4.69) is 162 Å². The number of nitrogen functional groups attached to an aromatic ring is 4. The SMILES string of the molecule is CN.CN.CN.CN.Cc1cc2c(cc1N)C1Cc3cc(C)c(N)cc3C(C2)C1.Cc1ccc2c(c1)C(Cl)C1CC2C(Cl)c2cc(C)ccc21.Cc1ccc2c(c1)CC1CC2Cc2cc(C)ccc21.Cc1ccc2c(c1N)C(=O)C1CC2C(=O)c2c1ccc(C)c2N. The lowest BCUT2D eigenvalue weighted by atomic mass is 9.64. The zero-order chi connectivity index (χ0) is 66.9. The van der Waals surface area contributed by atoms with Crippen LogP contribution in [0.2, 0.25) is 0 Å². The molecule has 0 saturated carbocycles. The second kappa shape index (κ2) is 28.9. The second-order valence-electron chi connectivity index (χ2n) is 26.4. The van der Waals surface area contributed by atoms with E-state index >= 15 is 0 Å². The highest BCUT2D eigenvalue weighted by molar-refractivity contribution is 6.23. The zero-order valence-electron chi connectivity index (χ0n) is 56.2. The number of alkyl halides is 2. The minimum atomic E-state index is -0.327. The number of benzene rings is 8. The quantitative estimate of drug-likeness (QED) is 0.0527. The number of Topliss-reactive ketones (excluding diaryl/α,β-unsaturated/α-hetero) is 2. The van der Waals surface area contributed by atoms with Crippen molar-refractivity contribution in [1.82, 2.24) is 0 Å². The average molecular weight is 1270 g/mol. The summed E-state index contributed by atoms with van der Waals surface area (Å²) >= 11 is 13.7. The summed E-state index contributed by atoms with van der Waals surface area (Å²) < 4.78 is 0. The number of hydrogen-bond acceptors (Lipinski definition) is 10. The second-order valence-corrected chi connectivity index (χ2v) is 27.3. The Kier molecular flexibility index (Phi) is 21.7. The molecule has 8 aromatic rings. The molecule has 0 radical (unpaired) electrons. The first-order chi connectivity index (χ1) is 44.2. The fourth-order valence-electron chi connectivity index (χ4n) is 16.4. The molecule has 12 heteroatoms. The Morgan fingerprint density at radius 1 is 0.315 bits per heavy atom.